The molecule has 1 aliphatic heterocycles. The third kappa shape index (κ3) is 10.0. The molecular weight excluding hydrogens is 577 g/mol. The molecule has 1 heterocycles. The van der Waals surface area contributed by atoms with Crippen molar-refractivity contribution in [3.05, 3.63) is 21.5 Å². The Hall–Kier alpha value is -2.92. The van der Waals surface area contributed by atoms with Gasteiger partial charge in [0.15, 0.2) is 5.03 Å². The van der Waals surface area contributed by atoms with E-state index < -0.39 is 23.8 Å². The highest BCUT2D eigenvalue weighted by molar-refractivity contribution is 6.48. The molecule has 0 aromatic heterocycles. The summed E-state index contributed by atoms with van der Waals surface area (Å²) in [7, 11) is -0.578. The zero-order chi connectivity index (χ0) is 33.2. The Balaban J connectivity index is 1.61. The zero-order valence-corrected chi connectivity index (χ0v) is 27.8. The van der Waals surface area contributed by atoms with Gasteiger partial charge in [0, 0.05) is 19.4 Å². The number of rotatable bonds is 19. The predicted molar refractivity (Wildman–Crippen MR) is 173 cm³/mol. The summed E-state index contributed by atoms with van der Waals surface area (Å²) in [5, 5.41) is 15.9. The quantitative estimate of drug-likeness (QED) is 0.0317. The van der Waals surface area contributed by atoms with Gasteiger partial charge >= 0.3 is 7.12 Å². The van der Waals surface area contributed by atoms with Crippen molar-refractivity contribution in [3.63, 3.8) is 0 Å². The van der Waals surface area contributed by atoms with Gasteiger partial charge in [-0.05, 0) is 75.0 Å². The third-order valence-corrected chi connectivity index (χ3v) is 10.1. The second-order valence-electron chi connectivity index (χ2n) is 14.2. The molecule has 1 saturated heterocycles. The molecule has 4 rings (SSSR count). The van der Waals surface area contributed by atoms with Crippen LogP contribution in [0, 0.1) is 39.9 Å². The normalized spacial score (nSPS) is 26.3. The summed E-state index contributed by atoms with van der Waals surface area (Å²) in [6, 6.07) is -0.813. The van der Waals surface area contributed by atoms with E-state index in [0.29, 0.717) is 44.1 Å². The van der Waals surface area contributed by atoms with Gasteiger partial charge in [-0.15, -0.1) is 0 Å². The zero-order valence-electron chi connectivity index (χ0n) is 27.8. The van der Waals surface area contributed by atoms with Crippen molar-refractivity contribution in [2.75, 3.05) is 13.1 Å². The minimum Gasteiger partial charge on any atom is -0.404 e. The van der Waals surface area contributed by atoms with Gasteiger partial charge in [-0.3, -0.25) is 9.59 Å². The largest absolute Gasteiger partial charge is 0.481 e. The highest BCUT2D eigenvalue weighted by Crippen LogP contribution is 2.65. The van der Waals surface area contributed by atoms with Crippen molar-refractivity contribution in [1.82, 2.24) is 16.1 Å². The Bertz CT molecular complexity index is 1100. The molecule has 2 amide bonds. The number of hydrazine groups is 1. The fourth-order valence-corrected chi connectivity index (χ4v) is 7.44. The van der Waals surface area contributed by atoms with Gasteiger partial charge in [0.05, 0.1) is 17.6 Å². The minimum atomic E-state index is -0.813. The number of carbonyl (C=O) groups is 2. The molecule has 13 nitrogen and oxygen atoms in total. The Kier molecular flexibility index (Phi) is 13.5. The molecule has 3 saturated carbocycles. The van der Waals surface area contributed by atoms with E-state index in [1.165, 1.54) is 0 Å². The number of unbranched alkanes of at least 4 members (excludes halogenated alkanes) is 5. The van der Waals surface area contributed by atoms with Crippen LogP contribution in [0.5, 0.6) is 0 Å². The maximum atomic E-state index is 13.8. The highest BCUT2D eigenvalue weighted by atomic mass is 16.7. The average molecular weight is 632 g/mol. The van der Waals surface area contributed by atoms with Crippen LogP contribution in [0.3, 0.4) is 0 Å². The first kappa shape index (κ1) is 36.6. The maximum Gasteiger partial charge on any atom is 0.481 e. The summed E-state index contributed by atoms with van der Waals surface area (Å²) in [5.41, 5.74) is 7.13. The van der Waals surface area contributed by atoms with E-state index in [2.05, 4.69) is 55.1 Å². The first-order valence-electron chi connectivity index (χ1n) is 16.7. The van der Waals surface area contributed by atoms with E-state index in [1.54, 1.807) is 5.43 Å². The SMILES string of the molecule is [C-]#[N+]CCCCCCCCC(=O)N[C@@H](CCCN=C(N)N[N+](=O)[O-])C(=O)N[C@@H](CC(C)C)B1O[C@@H]2C[C@H]3C[C@H](C3(C)C)[C@]2(C)O1. The summed E-state index contributed by atoms with van der Waals surface area (Å²) >= 11 is 0. The summed E-state index contributed by atoms with van der Waals surface area (Å²) in [5.74, 6) is 0.0637. The fourth-order valence-electron chi connectivity index (χ4n) is 7.44. The number of guanidine groups is 1. The molecule has 4 aliphatic rings. The van der Waals surface area contributed by atoms with Gasteiger partial charge in [-0.2, -0.15) is 0 Å². The maximum absolute atomic E-state index is 13.8. The molecule has 3 aliphatic carbocycles. The Morgan fingerprint density at radius 2 is 1.80 bits per heavy atom. The molecule has 0 spiro atoms. The molecule has 5 N–H and O–H groups in total. The van der Waals surface area contributed by atoms with Gasteiger partial charge in [0.25, 0.3) is 5.96 Å². The van der Waals surface area contributed by atoms with Crippen molar-refractivity contribution in [2.24, 2.45) is 33.9 Å². The molecule has 0 aromatic rings. The van der Waals surface area contributed by atoms with Crippen LogP contribution in [0.15, 0.2) is 4.99 Å². The topological polar surface area (TPSA) is 175 Å². The Labute approximate surface area is 268 Å². The number of nitrogens with two attached hydrogens (primary N) is 1. The smallest absolute Gasteiger partial charge is 0.404 e. The van der Waals surface area contributed by atoms with Crippen molar-refractivity contribution in [2.45, 2.75) is 135 Å². The van der Waals surface area contributed by atoms with E-state index in [0.717, 1.165) is 44.9 Å². The average Bonchev–Trinajstić information content (AvgIpc) is 3.32. The monoisotopic (exact) mass is 631 g/mol. The highest BCUT2D eigenvalue weighted by Gasteiger charge is 2.68. The van der Waals surface area contributed by atoms with Crippen LogP contribution in [0.4, 0.5) is 0 Å². The molecule has 0 radical (unpaired) electrons. The summed E-state index contributed by atoms with van der Waals surface area (Å²) in [6.07, 6.45) is 9.31. The summed E-state index contributed by atoms with van der Waals surface area (Å²) in [6.45, 7) is 18.5. The van der Waals surface area contributed by atoms with Crippen LogP contribution in [0.25, 0.3) is 4.85 Å². The van der Waals surface area contributed by atoms with E-state index in [9.17, 15) is 19.7 Å². The lowest BCUT2D eigenvalue weighted by Crippen LogP contribution is -2.65. The van der Waals surface area contributed by atoms with Crippen LogP contribution in [0.2, 0.25) is 0 Å². The lowest BCUT2D eigenvalue weighted by molar-refractivity contribution is -0.525. The molecule has 2 bridgehead atoms. The van der Waals surface area contributed by atoms with Gasteiger partial charge < -0.3 is 30.5 Å². The molecule has 0 aromatic carbocycles. The lowest BCUT2D eigenvalue weighted by atomic mass is 9.43. The van der Waals surface area contributed by atoms with Gasteiger partial charge in [0.1, 0.15) is 6.04 Å². The molecule has 6 atom stereocenters. The Morgan fingerprint density at radius 1 is 1.11 bits per heavy atom. The van der Waals surface area contributed by atoms with Gasteiger partial charge in [-0.25, -0.2) is 21.7 Å². The van der Waals surface area contributed by atoms with Gasteiger partial charge in [-0.1, -0.05) is 52.4 Å². The van der Waals surface area contributed by atoms with E-state index in [4.69, 9.17) is 21.6 Å². The summed E-state index contributed by atoms with van der Waals surface area (Å²) in [4.78, 5) is 44.6. The number of hydrogen-bond donors (Lipinski definition) is 4. The number of nitrogens with one attached hydrogen (secondary N) is 3. The molecule has 45 heavy (non-hydrogen) atoms. The third-order valence-electron chi connectivity index (χ3n) is 10.1. The molecule has 14 heteroatoms. The van der Waals surface area contributed by atoms with Crippen LogP contribution in [-0.4, -0.2) is 66.7 Å². The number of hydrogen-bond acceptors (Lipinski definition) is 7. The second-order valence-corrected chi connectivity index (χ2v) is 14.2. The molecular formula is C31H54BN7O6. The van der Waals surface area contributed by atoms with Crippen molar-refractivity contribution in [1.29, 1.82) is 0 Å². The van der Waals surface area contributed by atoms with E-state index >= 15 is 0 Å². The predicted octanol–water partition coefficient (Wildman–Crippen LogP) is 3.80. The second kappa shape index (κ2) is 16.6. The van der Waals surface area contributed by atoms with E-state index in [-0.39, 0.29) is 54.1 Å². The van der Waals surface area contributed by atoms with Crippen molar-refractivity contribution in [3.8, 4) is 0 Å². The first-order chi connectivity index (χ1) is 21.3. The van der Waals surface area contributed by atoms with Crippen LogP contribution in [0.1, 0.15) is 112 Å². The molecule has 0 unspecified atom stereocenters. The number of carbonyl (C=O) groups excluding carboxylic acids is 2. The number of aliphatic imine (C=N–C) groups is 1. The molecule has 4 fully saturated rings. The standard InChI is InChI=1S/C31H54BN7O6/c1-21(2)18-26(32-44-25-20-22-19-24(30(22,3)4)31(25,5)45-32)37-28(41)23(14-13-17-35-29(33)38-39(42)43)36-27(40)15-11-9-7-8-10-12-16-34-6/h21-26H,7-20H2,1-5H3,(H,36,40)(H,37,41)(H3,33,35,38)/t22-,23+,24-,25-,26+,31+/m1/s1. The molecule has 252 valence electrons. The van der Waals surface area contributed by atoms with E-state index in [1.807, 2.05) is 0 Å². The van der Waals surface area contributed by atoms with Crippen molar-refractivity contribution >= 4 is 24.9 Å². The first-order valence-corrected chi connectivity index (χ1v) is 16.7. The van der Waals surface area contributed by atoms with Crippen LogP contribution >= 0.6 is 0 Å². The number of nitro groups is 1. The summed E-state index contributed by atoms with van der Waals surface area (Å²) < 4.78 is 13.2. The van der Waals surface area contributed by atoms with Crippen LogP contribution < -0.4 is 21.8 Å². The lowest BCUT2D eigenvalue weighted by Gasteiger charge is -2.64. The number of nitrogens with zero attached hydrogens (tertiary/aromatic N) is 3. The number of amides is 2. The van der Waals surface area contributed by atoms with Crippen LogP contribution in [-0.2, 0) is 18.9 Å². The fraction of sp³-hybridized carbons (Fsp3) is 0.871. The minimum absolute atomic E-state index is 0.00916. The van der Waals surface area contributed by atoms with Gasteiger partial charge in [0.2, 0.25) is 18.4 Å². The van der Waals surface area contributed by atoms with Crippen molar-refractivity contribution < 1.29 is 23.9 Å². The Morgan fingerprint density at radius 3 is 2.44 bits per heavy atom.